The number of methoxy groups -OCH3 is 1. The van der Waals surface area contributed by atoms with Gasteiger partial charge in [0, 0.05) is 35.8 Å². The minimum Gasteiger partial charge on any atom is -0.497 e. The molecule has 3 aromatic carbocycles. The summed E-state index contributed by atoms with van der Waals surface area (Å²) >= 11 is 0. The summed E-state index contributed by atoms with van der Waals surface area (Å²) in [6, 6.07) is 20.3. The largest absolute Gasteiger partial charge is 0.497 e. The highest BCUT2D eigenvalue weighted by Gasteiger charge is 2.39. The summed E-state index contributed by atoms with van der Waals surface area (Å²) in [6.45, 7) is 1.02. The number of ether oxygens (including phenoxy) is 1. The SMILES string of the molecule is COc1ccc2[nH]cc(C(=O)CN3CCc4ccccc4[C@@H]3CN3C(=O)c4ccccc4C3=O)c2c1. The lowest BCUT2D eigenvalue weighted by molar-refractivity contribution is 0.0574. The van der Waals surface area contributed by atoms with Gasteiger partial charge < -0.3 is 9.72 Å². The number of hydrogen-bond donors (Lipinski definition) is 1. The molecular formula is C29H25N3O4. The second-order valence-corrected chi connectivity index (χ2v) is 9.24. The van der Waals surface area contributed by atoms with Crippen molar-refractivity contribution in [3.05, 3.63) is 101 Å². The van der Waals surface area contributed by atoms with E-state index in [1.165, 1.54) is 10.5 Å². The zero-order valence-corrected chi connectivity index (χ0v) is 19.9. The van der Waals surface area contributed by atoms with Gasteiger partial charge in [-0.25, -0.2) is 0 Å². The molecular weight excluding hydrogens is 454 g/mol. The molecule has 7 heteroatoms. The molecule has 0 bridgehead atoms. The number of rotatable bonds is 6. The zero-order valence-electron chi connectivity index (χ0n) is 19.9. The first-order valence-electron chi connectivity index (χ1n) is 12.0. The fraction of sp³-hybridized carbons (Fsp3) is 0.207. The van der Waals surface area contributed by atoms with Gasteiger partial charge in [-0.1, -0.05) is 36.4 Å². The van der Waals surface area contributed by atoms with E-state index >= 15 is 0 Å². The molecule has 7 nitrogen and oxygen atoms in total. The maximum Gasteiger partial charge on any atom is 0.261 e. The molecule has 2 amide bonds. The van der Waals surface area contributed by atoms with Crippen LogP contribution < -0.4 is 4.74 Å². The molecule has 2 aliphatic rings. The summed E-state index contributed by atoms with van der Waals surface area (Å²) < 4.78 is 5.35. The first kappa shape index (κ1) is 22.2. The summed E-state index contributed by atoms with van der Waals surface area (Å²) in [4.78, 5) is 46.4. The van der Waals surface area contributed by atoms with Crippen LogP contribution in [0.3, 0.4) is 0 Å². The van der Waals surface area contributed by atoms with Gasteiger partial charge in [-0.15, -0.1) is 0 Å². The number of Topliss-reactive ketones (excluding diaryl/α,β-unsaturated/α-hetero) is 1. The lowest BCUT2D eigenvalue weighted by atomic mass is 9.91. The van der Waals surface area contributed by atoms with Gasteiger partial charge in [-0.05, 0) is 47.9 Å². The van der Waals surface area contributed by atoms with Crippen molar-refractivity contribution in [2.75, 3.05) is 26.7 Å². The van der Waals surface area contributed by atoms with Crippen LogP contribution in [0.2, 0.25) is 0 Å². The summed E-state index contributed by atoms with van der Waals surface area (Å²) in [6.07, 6.45) is 2.54. The second-order valence-electron chi connectivity index (χ2n) is 9.24. The van der Waals surface area contributed by atoms with E-state index in [-0.39, 0.29) is 36.7 Å². The second kappa shape index (κ2) is 8.77. The minimum atomic E-state index is -0.284. The number of carbonyl (C=O) groups is 3. The first-order valence-corrected chi connectivity index (χ1v) is 12.0. The molecule has 0 saturated carbocycles. The first-order chi connectivity index (χ1) is 17.5. The Morgan fingerprint density at radius 3 is 2.47 bits per heavy atom. The van der Waals surface area contributed by atoms with Crippen molar-refractivity contribution >= 4 is 28.5 Å². The topological polar surface area (TPSA) is 82.7 Å². The number of amides is 2. The number of aromatic amines is 1. The third kappa shape index (κ3) is 3.60. The molecule has 36 heavy (non-hydrogen) atoms. The van der Waals surface area contributed by atoms with E-state index in [0.717, 1.165) is 22.9 Å². The van der Waals surface area contributed by atoms with Crippen LogP contribution in [0, 0.1) is 0 Å². The van der Waals surface area contributed by atoms with Gasteiger partial charge in [-0.3, -0.25) is 24.2 Å². The highest BCUT2D eigenvalue weighted by atomic mass is 16.5. The van der Waals surface area contributed by atoms with E-state index in [1.807, 2.05) is 36.4 Å². The van der Waals surface area contributed by atoms with Crippen molar-refractivity contribution in [2.45, 2.75) is 12.5 Å². The van der Waals surface area contributed by atoms with Crippen LogP contribution in [-0.2, 0) is 6.42 Å². The average molecular weight is 480 g/mol. The van der Waals surface area contributed by atoms with Crippen LogP contribution >= 0.6 is 0 Å². The van der Waals surface area contributed by atoms with Gasteiger partial charge in [0.1, 0.15) is 5.75 Å². The Morgan fingerprint density at radius 2 is 1.72 bits per heavy atom. The highest BCUT2D eigenvalue weighted by Crippen LogP contribution is 2.34. The fourth-order valence-corrected chi connectivity index (χ4v) is 5.41. The van der Waals surface area contributed by atoms with Crippen LogP contribution in [0.4, 0.5) is 0 Å². The summed E-state index contributed by atoms with van der Waals surface area (Å²) in [5.74, 6) is 0.0927. The smallest absolute Gasteiger partial charge is 0.261 e. The van der Waals surface area contributed by atoms with Crippen LogP contribution in [-0.4, -0.2) is 59.1 Å². The Balaban J connectivity index is 1.32. The zero-order chi connectivity index (χ0) is 24.8. The van der Waals surface area contributed by atoms with E-state index < -0.39 is 0 Å². The molecule has 1 aromatic heterocycles. The predicted molar refractivity (Wildman–Crippen MR) is 135 cm³/mol. The molecule has 6 rings (SSSR count). The number of fused-ring (bicyclic) bond motifs is 3. The van der Waals surface area contributed by atoms with Crippen LogP contribution in [0.1, 0.15) is 48.2 Å². The maximum atomic E-state index is 13.5. The van der Waals surface area contributed by atoms with Crippen LogP contribution in [0.25, 0.3) is 10.9 Å². The number of aromatic nitrogens is 1. The van der Waals surface area contributed by atoms with Gasteiger partial charge in [-0.2, -0.15) is 0 Å². The van der Waals surface area contributed by atoms with Gasteiger partial charge in [0.05, 0.1) is 30.8 Å². The number of nitrogens with one attached hydrogen (secondary N) is 1. The number of imide groups is 1. The Labute approximate surface area is 208 Å². The quantitative estimate of drug-likeness (QED) is 0.330. The standard InChI is InChI=1S/C29H25N3O4/c1-36-19-10-11-25-23(14-19)24(15-30-25)27(33)17-31-13-12-18-6-2-3-7-20(18)26(31)16-32-28(34)21-8-4-5-9-22(21)29(32)35/h2-11,14-15,26,30H,12-13,16-17H2,1H3/t26-/m0/s1. The normalized spacial score (nSPS) is 17.4. The Morgan fingerprint density at radius 1 is 1.00 bits per heavy atom. The predicted octanol–water partition coefficient (Wildman–Crippen LogP) is 4.25. The van der Waals surface area contributed by atoms with E-state index in [4.69, 9.17) is 4.74 Å². The molecule has 180 valence electrons. The third-order valence-electron chi connectivity index (χ3n) is 7.29. The number of hydrogen-bond acceptors (Lipinski definition) is 5. The lowest BCUT2D eigenvalue weighted by Gasteiger charge is -2.38. The highest BCUT2D eigenvalue weighted by molar-refractivity contribution is 6.21. The molecule has 0 fully saturated rings. The van der Waals surface area contributed by atoms with Crippen molar-refractivity contribution in [1.29, 1.82) is 0 Å². The molecule has 0 saturated heterocycles. The number of carbonyl (C=O) groups excluding carboxylic acids is 3. The van der Waals surface area contributed by atoms with Crippen molar-refractivity contribution in [3.63, 3.8) is 0 Å². The van der Waals surface area contributed by atoms with Crippen LogP contribution in [0.15, 0.2) is 72.9 Å². The molecule has 0 aliphatic carbocycles. The van der Waals surface area contributed by atoms with Gasteiger partial charge in [0.2, 0.25) is 0 Å². The molecule has 2 aliphatic heterocycles. The number of nitrogens with zero attached hydrogens (tertiary/aromatic N) is 2. The molecule has 4 aromatic rings. The molecule has 0 unspecified atom stereocenters. The third-order valence-corrected chi connectivity index (χ3v) is 7.29. The van der Waals surface area contributed by atoms with Crippen LogP contribution in [0.5, 0.6) is 5.75 Å². The summed E-state index contributed by atoms with van der Waals surface area (Å²) in [5.41, 5.74) is 4.56. The van der Waals surface area contributed by atoms with Crippen molar-refractivity contribution < 1.29 is 19.1 Å². The lowest BCUT2D eigenvalue weighted by Crippen LogP contribution is -2.45. The Hall–Kier alpha value is -4.23. The molecule has 0 radical (unpaired) electrons. The average Bonchev–Trinajstić information content (AvgIpc) is 3.44. The number of H-pyrrole nitrogens is 1. The number of ketones is 1. The van der Waals surface area contributed by atoms with E-state index in [9.17, 15) is 14.4 Å². The summed E-state index contributed by atoms with van der Waals surface area (Å²) in [7, 11) is 1.60. The molecule has 1 N–H and O–H groups in total. The molecule has 0 spiro atoms. The van der Waals surface area contributed by atoms with Gasteiger partial charge in [0.15, 0.2) is 5.78 Å². The molecule has 3 heterocycles. The van der Waals surface area contributed by atoms with Crippen molar-refractivity contribution in [3.8, 4) is 5.75 Å². The van der Waals surface area contributed by atoms with E-state index in [1.54, 1.807) is 37.6 Å². The monoisotopic (exact) mass is 479 g/mol. The fourth-order valence-electron chi connectivity index (χ4n) is 5.41. The van der Waals surface area contributed by atoms with Crippen molar-refractivity contribution in [2.24, 2.45) is 0 Å². The van der Waals surface area contributed by atoms with E-state index in [2.05, 4.69) is 16.0 Å². The maximum absolute atomic E-state index is 13.5. The molecule has 1 atom stereocenters. The Bertz CT molecular complexity index is 1490. The minimum absolute atomic E-state index is 0.0266. The van der Waals surface area contributed by atoms with Gasteiger partial charge >= 0.3 is 0 Å². The van der Waals surface area contributed by atoms with Gasteiger partial charge in [0.25, 0.3) is 11.8 Å². The van der Waals surface area contributed by atoms with E-state index in [0.29, 0.717) is 29.0 Å². The number of benzene rings is 3. The summed E-state index contributed by atoms with van der Waals surface area (Å²) in [5, 5.41) is 0.814. The van der Waals surface area contributed by atoms with Crippen molar-refractivity contribution in [1.82, 2.24) is 14.8 Å². The Kier molecular flexibility index (Phi) is 5.42.